The predicted molar refractivity (Wildman–Crippen MR) is 93.1 cm³/mol. The van der Waals surface area contributed by atoms with Gasteiger partial charge in [-0.1, -0.05) is 29.8 Å². The summed E-state index contributed by atoms with van der Waals surface area (Å²) in [6, 6.07) is 12.8. The van der Waals surface area contributed by atoms with Crippen LogP contribution in [0.15, 0.2) is 41.8 Å². The number of likely N-dealkylation sites (N-methyl/N-ethyl adjacent to an activating group) is 1. The van der Waals surface area contributed by atoms with Crippen LogP contribution in [-0.4, -0.2) is 24.5 Å². The third kappa shape index (κ3) is 5.11. The highest BCUT2D eigenvalue weighted by molar-refractivity contribution is 7.09. The second-order valence-electron chi connectivity index (χ2n) is 5.56. The van der Waals surface area contributed by atoms with Crippen LogP contribution in [0.25, 0.3) is 0 Å². The normalized spacial score (nSPS) is 14.3. The molecule has 2 atom stereocenters. The third-order valence-corrected chi connectivity index (χ3v) is 5.07. The molecule has 1 heterocycles. The molecule has 0 spiro atoms. The summed E-state index contributed by atoms with van der Waals surface area (Å²) < 4.78 is 0. The molecule has 0 aliphatic rings. The van der Waals surface area contributed by atoms with Gasteiger partial charge >= 0.3 is 0 Å². The fourth-order valence-corrected chi connectivity index (χ4v) is 3.27. The van der Waals surface area contributed by atoms with Gasteiger partial charge in [-0.2, -0.15) is 0 Å². The maximum atomic E-state index is 6.26. The Hall–Kier alpha value is -0.870. The van der Waals surface area contributed by atoms with Gasteiger partial charge < -0.3 is 10.6 Å². The van der Waals surface area contributed by atoms with Crippen molar-refractivity contribution in [3.63, 3.8) is 0 Å². The number of nitrogens with zero attached hydrogens (tertiary/aromatic N) is 1. The van der Waals surface area contributed by atoms with Gasteiger partial charge in [0.25, 0.3) is 0 Å². The molecule has 1 aromatic carbocycles. The number of nitrogens with two attached hydrogens (primary N) is 1. The smallest absolute Gasteiger partial charge is 0.0406 e. The monoisotopic (exact) mass is 322 g/mol. The van der Waals surface area contributed by atoms with Gasteiger partial charge in [0.2, 0.25) is 0 Å². The van der Waals surface area contributed by atoms with E-state index in [1.165, 1.54) is 4.88 Å². The van der Waals surface area contributed by atoms with Crippen molar-refractivity contribution >= 4 is 22.9 Å². The zero-order chi connectivity index (χ0) is 15.2. The number of halogens is 1. The Morgan fingerprint density at radius 1 is 1.24 bits per heavy atom. The van der Waals surface area contributed by atoms with Gasteiger partial charge in [0.05, 0.1) is 0 Å². The topological polar surface area (TPSA) is 29.3 Å². The molecule has 0 saturated heterocycles. The molecule has 0 amide bonds. The second kappa shape index (κ2) is 7.95. The van der Waals surface area contributed by atoms with Crippen molar-refractivity contribution in [2.45, 2.75) is 31.8 Å². The van der Waals surface area contributed by atoms with Crippen LogP contribution < -0.4 is 5.73 Å². The van der Waals surface area contributed by atoms with Crippen molar-refractivity contribution in [3.05, 3.63) is 57.2 Å². The van der Waals surface area contributed by atoms with Crippen LogP contribution in [0.5, 0.6) is 0 Å². The Morgan fingerprint density at radius 2 is 1.95 bits per heavy atom. The zero-order valence-electron chi connectivity index (χ0n) is 12.6. The average Bonchev–Trinajstić information content (AvgIpc) is 2.98. The van der Waals surface area contributed by atoms with E-state index in [1.807, 2.05) is 35.6 Å². The molecular formula is C17H23ClN2S. The lowest BCUT2D eigenvalue weighted by Crippen LogP contribution is -2.33. The van der Waals surface area contributed by atoms with E-state index in [0.29, 0.717) is 6.04 Å². The summed E-state index contributed by atoms with van der Waals surface area (Å²) in [4.78, 5) is 3.83. The summed E-state index contributed by atoms with van der Waals surface area (Å²) in [6.07, 6.45) is 2.05. The van der Waals surface area contributed by atoms with Crippen LogP contribution in [0.4, 0.5) is 0 Å². The molecule has 114 valence electrons. The molecule has 2 aromatic rings. The SMILES string of the molecule is CC(Cc1cccs1)N(C)CCC(N)c1ccc(Cl)cc1. The van der Waals surface area contributed by atoms with E-state index in [0.717, 1.165) is 30.0 Å². The fourth-order valence-electron chi connectivity index (χ4n) is 2.32. The standard InChI is InChI=1S/C17H23ClN2S/c1-13(12-16-4-3-11-21-16)20(2)10-9-17(19)14-5-7-15(18)8-6-14/h3-8,11,13,17H,9-10,12,19H2,1-2H3. The van der Waals surface area contributed by atoms with Gasteiger partial charge in [-0.3, -0.25) is 0 Å². The minimum absolute atomic E-state index is 0.0682. The Labute approximate surface area is 136 Å². The first kappa shape index (κ1) is 16.5. The fraction of sp³-hybridized carbons (Fsp3) is 0.412. The van der Waals surface area contributed by atoms with Crippen molar-refractivity contribution < 1.29 is 0 Å². The number of hydrogen-bond donors (Lipinski definition) is 1. The first-order chi connectivity index (χ1) is 10.1. The van der Waals surface area contributed by atoms with Crippen LogP contribution >= 0.6 is 22.9 Å². The summed E-state index contributed by atoms with van der Waals surface area (Å²) >= 11 is 7.73. The number of thiophene rings is 1. The van der Waals surface area contributed by atoms with Gasteiger partial charge in [0.15, 0.2) is 0 Å². The van der Waals surface area contributed by atoms with E-state index >= 15 is 0 Å². The summed E-state index contributed by atoms with van der Waals surface area (Å²) in [6.45, 7) is 3.27. The molecule has 0 aliphatic carbocycles. The van der Waals surface area contributed by atoms with E-state index in [-0.39, 0.29) is 6.04 Å². The summed E-state index contributed by atoms with van der Waals surface area (Å²) in [5.41, 5.74) is 7.41. The van der Waals surface area contributed by atoms with Crippen molar-refractivity contribution in [2.24, 2.45) is 5.73 Å². The molecule has 0 bridgehead atoms. The molecule has 0 saturated carbocycles. The second-order valence-corrected chi connectivity index (χ2v) is 7.03. The van der Waals surface area contributed by atoms with Gasteiger partial charge in [-0.15, -0.1) is 11.3 Å². The highest BCUT2D eigenvalue weighted by Gasteiger charge is 2.13. The quantitative estimate of drug-likeness (QED) is 0.821. The number of hydrogen-bond acceptors (Lipinski definition) is 3. The molecule has 2 N–H and O–H groups in total. The Morgan fingerprint density at radius 3 is 2.57 bits per heavy atom. The number of benzene rings is 1. The maximum Gasteiger partial charge on any atom is 0.0406 e. The molecule has 0 aliphatic heterocycles. The highest BCUT2D eigenvalue weighted by Crippen LogP contribution is 2.19. The lowest BCUT2D eigenvalue weighted by Gasteiger charge is -2.25. The van der Waals surface area contributed by atoms with Crippen molar-refractivity contribution in [1.82, 2.24) is 4.90 Å². The van der Waals surface area contributed by atoms with Crippen molar-refractivity contribution in [3.8, 4) is 0 Å². The van der Waals surface area contributed by atoms with Crippen LogP contribution in [-0.2, 0) is 6.42 Å². The van der Waals surface area contributed by atoms with Gasteiger partial charge in [-0.25, -0.2) is 0 Å². The first-order valence-corrected chi connectivity index (χ1v) is 8.55. The van der Waals surface area contributed by atoms with Crippen LogP contribution in [0.1, 0.15) is 29.8 Å². The zero-order valence-corrected chi connectivity index (χ0v) is 14.2. The van der Waals surface area contributed by atoms with Gasteiger partial charge in [0.1, 0.15) is 0 Å². The summed E-state index contributed by atoms with van der Waals surface area (Å²) in [5, 5.41) is 2.89. The Balaban J connectivity index is 1.79. The maximum absolute atomic E-state index is 6.26. The molecule has 21 heavy (non-hydrogen) atoms. The lowest BCUT2D eigenvalue weighted by molar-refractivity contribution is 0.248. The van der Waals surface area contributed by atoms with E-state index in [9.17, 15) is 0 Å². The molecule has 2 rings (SSSR count). The van der Waals surface area contributed by atoms with Crippen molar-refractivity contribution in [2.75, 3.05) is 13.6 Å². The first-order valence-electron chi connectivity index (χ1n) is 7.30. The van der Waals surface area contributed by atoms with Gasteiger partial charge in [0, 0.05) is 22.0 Å². The molecule has 2 unspecified atom stereocenters. The highest BCUT2D eigenvalue weighted by atomic mass is 35.5. The van der Waals surface area contributed by atoms with Crippen molar-refractivity contribution in [1.29, 1.82) is 0 Å². The molecule has 1 aromatic heterocycles. The minimum atomic E-state index is 0.0682. The van der Waals surface area contributed by atoms with E-state index in [1.54, 1.807) is 0 Å². The van der Waals surface area contributed by atoms with Crippen LogP contribution in [0.2, 0.25) is 5.02 Å². The molecule has 4 heteroatoms. The lowest BCUT2D eigenvalue weighted by atomic mass is 10.0. The molecule has 0 fully saturated rings. The predicted octanol–water partition coefficient (Wildman–Crippen LogP) is 4.35. The van der Waals surface area contributed by atoms with E-state index in [2.05, 4.69) is 36.4 Å². The molecule has 0 radical (unpaired) electrons. The Bertz CT molecular complexity index is 524. The largest absolute Gasteiger partial charge is 0.324 e. The summed E-state index contributed by atoms with van der Waals surface area (Å²) in [5.74, 6) is 0. The van der Waals surface area contributed by atoms with E-state index in [4.69, 9.17) is 17.3 Å². The number of rotatable bonds is 7. The summed E-state index contributed by atoms with van der Waals surface area (Å²) in [7, 11) is 2.17. The van der Waals surface area contributed by atoms with Crippen LogP contribution in [0.3, 0.4) is 0 Å². The third-order valence-electron chi connectivity index (χ3n) is 3.92. The van der Waals surface area contributed by atoms with E-state index < -0.39 is 0 Å². The Kier molecular flexibility index (Phi) is 6.24. The van der Waals surface area contributed by atoms with Crippen LogP contribution in [0, 0.1) is 0 Å². The average molecular weight is 323 g/mol. The van der Waals surface area contributed by atoms with Gasteiger partial charge in [-0.05, 0) is 62.5 Å². The minimum Gasteiger partial charge on any atom is -0.324 e. The molecular weight excluding hydrogens is 300 g/mol. The molecule has 2 nitrogen and oxygen atoms in total.